The highest BCUT2D eigenvalue weighted by molar-refractivity contribution is 5.96. The average molecular weight is 473 g/mol. The molecule has 3 aromatic rings. The first kappa shape index (κ1) is 25.3. The van der Waals surface area contributed by atoms with E-state index < -0.39 is 11.6 Å². The molecule has 2 aromatic heterocycles. The van der Waals surface area contributed by atoms with E-state index in [1.54, 1.807) is 29.7 Å². The fourth-order valence-electron chi connectivity index (χ4n) is 3.91. The van der Waals surface area contributed by atoms with Crippen molar-refractivity contribution in [3.05, 3.63) is 65.1 Å². The predicted molar refractivity (Wildman–Crippen MR) is 124 cm³/mol. The topological polar surface area (TPSA) is 69.9 Å². The van der Waals surface area contributed by atoms with Crippen LogP contribution in [-0.2, 0) is 16.1 Å². The summed E-state index contributed by atoms with van der Waals surface area (Å²) in [6.07, 6.45) is 8.10. The Morgan fingerprint density at radius 1 is 0.941 bits per heavy atom. The van der Waals surface area contributed by atoms with E-state index >= 15 is 0 Å². The van der Waals surface area contributed by atoms with Gasteiger partial charge in [0.15, 0.2) is 17.2 Å². The third-order valence-corrected chi connectivity index (χ3v) is 5.75. The lowest BCUT2D eigenvalue weighted by molar-refractivity contribution is -0.140. The van der Waals surface area contributed by atoms with Gasteiger partial charge in [0.25, 0.3) is 0 Å². The number of pyridine rings is 1. The lowest BCUT2D eigenvalue weighted by Crippen LogP contribution is -2.06. The van der Waals surface area contributed by atoms with Crippen LogP contribution in [0, 0.1) is 18.6 Å². The second kappa shape index (κ2) is 12.3. The van der Waals surface area contributed by atoms with Gasteiger partial charge in [-0.15, -0.1) is 0 Å². The van der Waals surface area contributed by atoms with Crippen LogP contribution in [0.1, 0.15) is 73.1 Å². The summed E-state index contributed by atoms with van der Waals surface area (Å²) in [6.45, 7) is 1.48. The minimum Gasteiger partial charge on any atom is -0.485 e. The number of aryl methyl sites for hydroxylation is 1. The SMILES string of the molecule is COC(=O)CCCCCCCCC(=O)c1c(C)nc2c(OCc3c(F)cccc3F)cccn12. The van der Waals surface area contributed by atoms with Gasteiger partial charge in [0.2, 0.25) is 0 Å². The lowest BCUT2D eigenvalue weighted by Gasteiger charge is -2.09. The number of unbranched alkanes of at least 4 members (excludes halogenated alkanes) is 5. The minimum absolute atomic E-state index is 0.00649. The van der Waals surface area contributed by atoms with Gasteiger partial charge in [-0.2, -0.15) is 0 Å². The second-order valence-electron chi connectivity index (χ2n) is 8.22. The third kappa shape index (κ3) is 6.40. The molecule has 0 bridgehead atoms. The number of nitrogens with zero attached hydrogens (tertiary/aromatic N) is 2. The summed E-state index contributed by atoms with van der Waals surface area (Å²) < 4.78 is 39.8. The van der Waals surface area contributed by atoms with Crippen molar-refractivity contribution < 1.29 is 27.8 Å². The number of imidazole rings is 1. The van der Waals surface area contributed by atoms with E-state index in [4.69, 9.17) is 4.74 Å². The summed E-state index contributed by atoms with van der Waals surface area (Å²) in [5.41, 5.74) is 1.36. The van der Waals surface area contributed by atoms with Crippen molar-refractivity contribution in [1.82, 2.24) is 9.38 Å². The molecule has 0 saturated carbocycles. The van der Waals surface area contributed by atoms with Gasteiger partial charge in [-0.25, -0.2) is 13.8 Å². The number of fused-ring (bicyclic) bond motifs is 1. The van der Waals surface area contributed by atoms with Crippen LogP contribution in [0.3, 0.4) is 0 Å². The van der Waals surface area contributed by atoms with E-state index in [0.29, 0.717) is 35.6 Å². The summed E-state index contributed by atoms with van der Waals surface area (Å²) in [5.74, 6) is -1.19. The fraction of sp³-hybridized carbons (Fsp3) is 0.423. The summed E-state index contributed by atoms with van der Waals surface area (Å²) in [5, 5.41) is 0. The van der Waals surface area contributed by atoms with Crippen molar-refractivity contribution in [3.63, 3.8) is 0 Å². The highest BCUT2D eigenvalue weighted by Gasteiger charge is 2.19. The molecule has 3 rings (SSSR count). The van der Waals surface area contributed by atoms with Crippen molar-refractivity contribution in [1.29, 1.82) is 0 Å². The first-order valence-electron chi connectivity index (χ1n) is 11.6. The van der Waals surface area contributed by atoms with Crippen LogP contribution < -0.4 is 4.74 Å². The maximum atomic E-state index is 13.9. The predicted octanol–water partition coefficient (Wildman–Crippen LogP) is 5.98. The lowest BCUT2D eigenvalue weighted by atomic mass is 10.0. The Kier molecular flexibility index (Phi) is 9.13. The number of carbonyl (C=O) groups is 2. The van der Waals surface area contributed by atoms with E-state index in [1.807, 2.05) is 0 Å². The maximum absolute atomic E-state index is 13.9. The Morgan fingerprint density at radius 3 is 2.26 bits per heavy atom. The number of halogens is 2. The van der Waals surface area contributed by atoms with Gasteiger partial charge in [-0.3, -0.25) is 14.0 Å². The number of methoxy groups -OCH3 is 1. The molecule has 1 aromatic carbocycles. The Balaban J connectivity index is 1.56. The number of benzene rings is 1. The summed E-state index contributed by atoms with van der Waals surface area (Å²) in [6, 6.07) is 7.04. The zero-order valence-electron chi connectivity index (χ0n) is 19.6. The van der Waals surface area contributed by atoms with E-state index in [2.05, 4.69) is 9.72 Å². The van der Waals surface area contributed by atoms with Gasteiger partial charge in [0.05, 0.1) is 18.4 Å². The molecule has 0 aliphatic carbocycles. The van der Waals surface area contributed by atoms with Gasteiger partial charge in [0, 0.05) is 19.0 Å². The average Bonchev–Trinajstić information content (AvgIpc) is 3.16. The van der Waals surface area contributed by atoms with Gasteiger partial charge in [-0.05, 0) is 44.0 Å². The van der Waals surface area contributed by atoms with Crippen LogP contribution in [0.5, 0.6) is 5.75 Å². The molecule has 0 spiro atoms. The maximum Gasteiger partial charge on any atom is 0.305 e. The summed E-state index contributed by atoms with van der Waals surface area (Å²) in [4.78, 5) is 28.5. The number of hydrogen-bond donors (Lipinski definition) is 0. The molecule has 0 aliphatic heterocycles. The molecule has 0 saturated heterocycles. The second-order valence-corrected chi connectivity index (χ2v) is 8.22. The third-order valence-electron chi connectivity index (χ3n) is 5.75. The molecule has 34 heavy (non-hydrogen) atoms. The Bertz CT molecular complexity index is 1120. The zero-order valence-corrected chi connectivity index (χ0v) is 19.6. The molecular weight excluding hydrogens is 442 g/mol. The molecular formula is C26H30F2N2O4. The summed E-state index contributed by atoms with van der Waals surface area (Å²) in [7, 11) is 1.39. The first-order chi connectivity index (χ1) is 16.4. The van der Waals surface area contributed by atoms with Crippen LogP contribution in [0.4, 0.5) is 8.78 Å². The van der Waals surface area contributed by atoms with Gasteiger partial charge >= 0.3 is 5.97 Å². The first-order valence-corrected chi connectivity index (χ1v) is 11.6. The Hall–Kier alpha value is -3.29. The number of Topliss-reactive ketones (excluding diaryl/α,β-unsaturated/α-hetero) is 1. The monoisotopic (exact) mass is 472 g/mol. The number of hydrogen-bond acceptors (Lipinski definition) is 5. The number of carbonyl (C=O) groups excluding carboxylic acids is 2. The van der Waals surface area contributed by atoms with Crippen LogP contribution in [0.2, 0.25) is 0 Å². The van der Waals surface area contributed by atoms with Gasteiger partial charge in [0.1, 0.15) is 23.9 Å². The minimum atomic E-state index is -0.675. The Morgan fingerprint density at radius 2 is 1.59 bits per heavy atom. The van der Waals surface area contributed by atoms with Crippen LogP contribution in [-0.4, -0.2) is 28.2 Å². The van der Waals surface area contributed by atoms with Crippen LogP contribution in [0.25, 0.3) is 5.65 Å². The quantitative estimate of drug-likeness (QED) is 0.174. The molecule has 6 nitrogen and oxygen atoms in total. The molecule has 0 fully saturated rings. The smallest absolute Gasteiger partial charge is 0.305 e. The van der Waals surface area contributed by atoms with Crippen molar-refractivity contribution in [3.8, 4) is 5.75 Å². The summed E-state index contributed by atoms with van der Waals surface area (Å²) >= 11 is 0. The molecule has 0 aliphatic rings. The van der Waals surface area contributed by atoms with Crippen molar-refractivity contribution in [2.24, 2.45) is 0 Å². The number of ether oxygens (including phenoxy) is 2. The van der Waals surface area contributed by atoms with E-state index in [-0.39, 0.29) is 23.9 Å². The van der Waals surface area contributed by atoms with E-state index in [0.717, 1.165) is 38.5 Å². The molecule has 0 radical (unpaired) electrons. The highest BCUT2D eigenvalue weighted by Crippen LogP contribution is 2.25. The number of ketones is 1. The van der Waals surface area contributed by atoms with Crippen molar-refractivity contribution in [2.75, 3.05) is 7.11 Å². The number of esters is 1. The Labute approximate surface area is 197 Å². The molecule has 0 N–H and O–H groups in total. The molecule has 0 amide bonds. The fourth-order valence-corrected chi connectivity index (χ4v) is 3.91. The van der Waals surface area contributed by atoms with Gasteiger partial charge in [-0.1, -0.05) is 31.7 Å². The number of rotatable bonds is 13. The van der Waals surface area contributed by atoms with Crippen molar-refractivity contribution in [2.45, 2.75) is 64.9 Å². The molecule has 2 heterocycles. The highest BCUT2D eigenvalue weighted by atomic mass is 19.1. The van der Waals surface area contributed by atoms with Gasteiger partial charge < -0.3 is 9.47 Å². The largest absolute Gasteiger partial charge is 0.485 e. The zero-order chi connectivity index (χ0) is 24.5. The van der Waals surface area contributed by atoms with E-state index in [1.165, 1.54) is 25.3 Å². The normalized spacial score (nSPS) is 11.1. The molecule has 8 heteroatoms. The number of aromatic nitrogens is 2. The molecule has 0 atom stereocenters. The van der Waals surface area contributed by atoms with Crippen LogP contribution >= 0.6 is 0 Å². The molecule has 182 valence electrons. The standard InChI is InChI=1S/C26H30F2N2O4/c1-18-25(22(31)13-7-5-3-4-6-8-15-24(32)33-2)30-16-10-14-23(26(30)29-18)34-17-19-20(27)11-9-12-21(19)28/h9-12,14,16H,3-8,13,15,17H2,1-2H3. The molecule has 0 unspecified atom stereocenters. The van der Waals surface area contributed by atoms with Crippen molar-refractivity contribution >= 4 is 17.4 Å². The van der Waals surface area contributed by atoms with Crippen LogP contribution in [0.15, 0.2) is 36.5 Å². The van der Waals surface area contributed by atoms with E-state index in [9.17, 15) is 18.4 Å².